The molecule has 5 rings (SSSR count). The zero-order chi connectivity index (χ0) is 32.7. The minimum atomic E-state index is -5.08. The van der Waals surface area contributed by atoms with E-state index in [2.05, 4.69) is 31.7 Å². The van der Waals surface area contributed by atoms with E-state index in [1.165, 1.54) is 19.2 Å². The molecule has 2 aromatic heterocycles. The van der Waals surface area contributed by atoms with E-state index in [1.807, 2.05) is 26.0 Å². The molecule has 2 aromatic carbocycles. The quantitative estimate of drug-likeness (QED) is 0.190. The van der Waals surface area contributed by atoms with Crippen LogP contribution in [0.25, 0.3) is 22.0 Å². The number of aryl methyl sites for hydroxylation is 2. The molecule has 0 unspecified atom stereocenters. The fraction of sp³-hybridized carbons (Fsp3) is 0.323. The molecule has 0 aliphatic carbocycles. The number of aliphatic carboxylic acids is 1. The number of hydrogen-bond donors (Lipinski definition) is 4. The number of pyridine rings is 1. The van der Waals surface area contributed by atoms with Gasteiger partial charge in [-0.15, -0.1) is 0 Å². The number of nitrogens with one attached hydrogen (secondary N) is 3. The molecule has 1 aliphatic heterocycles. The summed E-state index contributed by atoms with van der Waals surface area (Å²) in [6.07, 6.45) is 2.11. The fourth-order valence-corrected chi connectivity index (χ4v) is 5.26. The van der Waals surface area contributed by atoms with Gasteiger partial charge >= 0.3 is 12.1 Å². The van der Waals surface area contributed by atoms with Gasteiger partial charge in [0.05, 0.1) is 28.3 Å². The van der Waals surface area contributed by atoms with Crippen molar-refractivity contribution in [1.82, 2.24) is 20.3 Å². The molecule has 4 N–H and O–H groups in total. The number of amides is 1. The number of fused-ring (bicyclic) bond motifs is 1. The van der Waals surface area contributed by atoms with Crippen molar-refractivity contribution >= 4 is 40.2 Å². The zero-order valence-corrected chi connectivity index (χ0v) is 25.2. The summed E-state index contributed by atoms with van der Waals surface area (Å²) in [7, 11) is 0. The van der Waals surface area contributed by atoms with Crippen molar-refractivity contribution in [2.24, 2.45) is 0 Å². The highest BCUT2D eigenvalue weighted by Crippen LogP contribution is 2.37. The first-order valence-electron chi connectivity index (χ1n) is 14.1. The van der Waals surface area contributed by atoms with Gasteiger partial charge in [0.1, 0.15) is 17.9 Å². The van der Waals surface area contributed by atoms with E-state index >= 15 is 0 Å². The summed E-state index contributed by atoms with van der Waals surface area (Å²) < 4.78 is 38.1. The normalized spacial score (nSPS) is 14.8. The van der Waals surface area contributed by atoms with Gasteiger partial charge in [0.15, 0.2) is 0 Å². The van der Waals surface area contributed by atoms with Crippen LogP contribution < -0.4 is 20.9 Å². The van der Waals surface area contributed by atoms with Crippen LogP contribution in [0.5, 0.6) is 5.75 Å². The number of carboxylic acids is 1. The maximum Gasteiger partial charge on any atom is 0.490 e. The lowest BCUT2D eigenvalue weighted by Gasteiger charge is -2.24. The summed E-state index contributed by atoms with van der Waals surface area (Å²) in [5, 5.41) is 14.2. The van der Waals surface area contributed by atoms with Crippen molar-refractivity contribution < 1.29 is 32.6 Å². The highest BCUT2D eigenvalue weighted by Gasteiger charge is 2.38. The Hall–Kier alpha value is -4.49. The monoisotopic (exact) mass is 645 g/mol. The van der Waals surface area contributed by atoms with E-state index in [0.717, 1.165) is 36.1 Å². The third kappa shape index (κ3) is 8.79. The topological polar surface area (TPSA) is 146 Å². The molecule has 1 atom stereocenters. The van der Waals surface area contributed by atoms with E-state index in [9.17, 15) is 22.8 Å². The Morgan fingerprint density at radius 1 is 1.13 bits per heavy atom. The van der Waals surface area contributed by atoms with Crippen molar-refractivity contribution in [2.75, 3.05) is 18.5 Å². The van der Waals surface area contributed by atoms with Crippen LogP contribution in [-0.2, 0) is 4.79 Å². The highest BCUT2D eigenvalue weighted by atomic mass is 35.5. The maximum atomic E-state index is 13.4. The smallest absolute Gasteiger partial charge is 0.490 e. The average molecular weight is 646 g/mol. The molecule has 1 fully saturated rings. The summed E-state index contributed by atoms with van der Waals surface area (Å²) in [5.41, 5.74) is 3.74. The minimum Gasteiger partial charge on any atom is -0.492 e. The van der Waals surface area contributed by atoms with E-state index in [0.29, 0.717) is 40.7 Å². The highest BCUT2D eigenvalue weighted by molar-refractivity contribution is 6.35. The van der Waals surface area contributed by atoms with Crippen LogP contribution in [0.15, 0.2) is 53.7 Å². The van der Waals surface area contributed by atoms with Crippen LogP contribution in [0.1, 0.15) is 47.2 Å². The Kier molecular flexibility index (Phi) is 10.8. The van der Waals surface area contributed by atoms with Crippen LogP contribution in [0.4, 0.5) is 19.0 Å². The number of hydrogen-bond acceptors (Lipinski definition) is 7. The first-order chi connectivity index (χ1) is 21.3. The molecule has 10 nitrogen and oxygen atoms in total. The molecule has 1 saturated heterocycles. The van der Waals surface area contributed by atoms with Gasteiger partial charge in [-0.1, -0.05) is 47.3 Å². The molecule has 1 amide bonds. The molecule has 0 radical (unpaired) electrons. The molecule has 0 saturated carbocycles. The molecular weight excluding hydrogens is 615 g/mol. The molecule has 0 bridgehead atoms. The third-order valence-electron chi connectivity index (χ3n) is 7.00. The van der Waals surface area contributed by atoms with Gasteiger partial charge in [0.2, 0.25) is 0 Å². The van der Waals surface area contributed by atoms with E-state index < -0.39 is 18.1 Å². The number of H-pyrrole nitrogens is 1. The number of nitrogens with zero attached hydrogens (tertiary/aromatic N) is 2. The van der Waals surface area contributed by atoms with Gasteiger partial charge in [-0.05, 0) is 63.4 Å². The Morgan fingerprint density at radius 3 is 2.44 bits per heavy atom. The number of aromatic nitrogens is 3. The number of rotatable bonds is 7. The van der Waals surface area contributed by atoms with E-state index in [4.69, 9.17) is 26.2 Å². The van der Waals surface area contributed by atoms with Gasteiger partial charge in [0.25, 0.3) is 11.5 Å². The van der Waals surface area contributed by atoms with Crippen molar-refractivity contribution in [1.29, 1.82) is 0 Å². The van der Waals surface area contributed by atoms with Gasteiger partial charge in [-0.3, -0.25) is 9.59 Å². The molecule has 14 heteroatoms. The molecule has 238 valence electrons. The number of halogens is 4. The predicted molar refractivity (Wildman–Crippen MR) is 164 cm³/mol. The third-order valence-corrected chi connectivity index (χ3v) is 7.31. The maximum absolute atomic E-state index is 13.4. The number of anilines is 1. The Morgan fingerprint density at radius 2 is 1.84 bits per heavy atom. The predicted octanol–water partition coefficient (Wildman–Crippen LogP) is 6.05. The number of ether oxygens (including phenoxy) is 1. The number of carboxylic acid groups (broad SMARTS) is 1. The Labute approximate surface area is 261 Å². The lowest BCUT2D eigenvalue weighted by molar-refractivity contribution is -0.192. The largest absolute Gasteiger partial charge is 0.492 e. The molecule has 3 heterocycles. The number of benzene rings is 2. The first-order valence-corrected chi connectivity index (χ1v) is 14.4. The van der Waals surface area contributed by atoms with Gasteiger partial charge in [-0.2, -0.15) is 13.2 Å². The van der Waals surface area contributed by atoms with Crippen molar-refractivity contribution in [3.63, 3.8) is 0 Å². The molecule has 45 heavy (non-hydrogen) atoms. The summed E-state index contributed by atoms with van der Waals surface area (Å²) in [6, 6.07) is 11.2. The average Bonchev–Trinajstić information content (AvgIpc) is 2.97. The molecule has 1 aliphatic rings. The summed E-state index contributed by atoms with van der Waals surface area (Å²) in [6.45, 7) is 5.43. The van der Waals surface area contributed by atoms with Gasteiger partial charge in [0, 0.05) is 17.6 Å². The van der Waals surface area contributed by atoms with Crippen LogP contribution in [0.2, 0.25) is 5.02 Å². The second-order valence-corrected chi connectivity index (χ2v) is 11.0. The second-order valence-electron chi connectivity index (χ2n) is 10.5. The lowest BCUT2D eigenvalue weighted by Crippen LogP contribution is -2.35. The molecular formula is C31H31ClF3N5O5. The number of alkyl halides is 3. The summed E-state index contributed by atoms with van der Waals surface area (Å²) in [4.78, 5) is 46.3. The summed E-state index contributed by atoms with van der Waals surface area (Å²) in [5.74, 6) is -2.38. The van der Waals surface area contributed by atoms with Gasteiger partial charge in [-0.25, -0.2) is 14.8 Å². The first kappa shape index (κ1) is 33.4. The molecule has 0 spiro atoms. The standard InChI is InChI=1S/C29H30ClN5O3.C2HF3O2/c1-17-11-18(2)13-19(12-17)26-27(38-10-7-20-5-3-4-8-32-20)22-14-21(23(30)15-24(22)34-29(26)37)28(36)35-25-6-9-31-16-33-25;3-2(4,5)1(6)7/h6,9,11-16,20,32H,3-5,7-8,10H2,1-2H3,(H,34,37)(H,31,33,35,36);(H,6,7)/t20-;/m0./s1. The van der Waals surface area contributed by atoms with Crippen LogP contribution in [0, 0.1) is 13.8 Å². The number of carbonyl (C=O) groups is 2. The number of aromatic amines is 1. The van der Waals surface area contributed by atoms with E-state index in [-0.39, 0.29) is 16.1 Å². The van der Waals surface area contributed by atoms with Crippen LogP contribution in [0.3, 0.4) is 0 Å². The van der Waals surface area contributed by atoms with Crippen molar-refractivity contribution in [2.45, 2.75) is 51.7 Å². The SMILES string of the molecule is Cc1cc(C)cc(-c2c(OCC[C@@H]3CCCCN3)c3cc(C(=O)Nc4ccncn4)c(Cl)cc3[nH]c2=O)c1.O=C(O)C(F)(F)F. The van der Waals surface area contributed by atoms with Crippen LogP contribution >= 0.6 is 11.6 Å². The van der Waals surface area contributed by atoms with E-state index in [1.54, 1.807) is 24.4 Å². The summed E-state index contributed by atoms with van der Waals surface area (Å²) >= 11 is 6.51. The second kappa shape index (κ2) is 14.5. The minimum absolute atomic E-state index is 0.205. The van der Waals surface area contributed by atoms with Gasteiger partial charge < -0.3 is 25.5 Å². The van der Waals surface area contributed by atoms with Crippen molar-refractivity contribution in [3.05, 3.63) is 81.0 Å². The number of piperidine rings is 1. The molecule has 4 aromatic rings. The zero-order valence-electron chi connectivity index (χ0n) is 24.4. The van der Waals surface area contributed by atoms with Crippen LogP contribution in [-0.4, -0.2) is 57.3 Å². The van der Waals surface area contributed by atoms with Crippen molar-refractivity contribution in [3.8, 4) is 16.9 Å². The Balaban J connectivity index is 0.000000591. The Bertz CT molecular complexity index is 1720. The number of carbonyl (C=O) groups excluding carboxylic acids is 1. The lowest BCUT2D eigenvalue weighted by atomic mass is 9.98. The fourth-order valence-electron chi connectivity index (χ4n) is 5.01.